The lowest BCUT2D eigenvalue weighted by Gasteiger charge is -2.28. The predicted octanol–water partition coefficient (Wildman–Crippen LogP) is 2.56. The van der Waals surface area contributed by atoms with Gasteiger partial charge in [0.1, 0.15) is 18.2 Å². The second kappa shape index (κ2) is 13.0. The number of hydrogen-bond acceptors (Lipinski definition) is 7. The van der Waals surface area contributed by atoms with E-state index in [4.69, 9.17) is 15.4 Å². The average Bonchev–Trinajstić information content (AvgIpc) is 3.22. The topological polar surface area (TPSA) is 114 Å². The van der Waals surface area contributed by atoms with Crippen LogP contribution in [0.25, 0.3) is 0 Å². The quantitative estimate of drug-likeness (QED) is 0.523. The van der Waals surface area contributed by atoms with Crippen LogP contribution in [0.5, 0.6) is 0 Å². The lowest BCUT2D eigenvalue weighted by atomic mass is 9.93. The van der Waals surface area contributed by atoms with Gasteiger partial charge in [0.15, 0.2) is 0 Å². The molecule has 0 spiro atoms. The zero-order valence-corrected chi connectivity index (χ0v) is 18.2. The molecule has 2 aliphatic rings. The third-order valence-electron chi connectivity index (χ3n) is 5.25. The molecule has 1 aliphatic heterocycles. The maximum absolute atomic E-state index is 12.3. The molecule has 0 aromatic carbocycles. The Labute approximate surface area is 189 Å². The number of rotatable bonds is 6. The number of carbonyl (C=O) groups excluding carboxylic acids is 1. The molecule has 1 saturated carbocycles. The molecule has 30 heavy (non-hydrogen) atoms. The molecular formula is C20H26Cl2N6O2. The number of nitrogens with one attached hydrogen (secondary N) is 1. The molecule has 1 atom stereocenters. The number of oxime groups is 1. The van der Waals surface area contributed by atoms with Crippen LogP contribution in [-0.2, 0) is 9.63 Å². The first-order valence-corrected chi connectivity index (χ1v) is 9.67. The number of carbonyl (C=O) groups is 1. The highest BCUT2D eigenvalue weighted by Gasteiger charge is 2.29. The molecule has 0 unspecified atom stereocenters. The molecule has 1 amide bonds. The monoisotopic (exact) mass is 452 g/mol. The Morgan fingerprint density at radius 3 is 2.67 bits per heavy atom. The molecule has 2 heterocycles. The van der Waals surface area contributed by atoms with Crippen molar-refractivity contribution in [1.82, 2.24) is 15.2 Å². The summed E-state index contributed by atoms with van der Waals surface area (Å²) in [4.78, 5) is 23.6. The average molecular weight is 453 g/mol. The van der Waals surface area contributed by atoms with Crippen molar-refractivity contribution in [2.24, 2.45) is 5.16 Å². The molecule has 10 heteroatoms. The van der Waals surface area contributed by atoms with Crippen molar-refractivity contribution in [2.75, 3.05) is 13.1 Å². The largest absolute Gasteiger partial charge is 0.392 e. The summed E-state index contributed by atoms with van der Waals surface area (Å²) in [6.07, 6.45) is 8.38. The van der Waals surface area contributed by atoms with Crippen molar-refractivity contribution in [3.63, 3.8) is 0 Å². The van der Waals surface area contributed by atoms with Crippen molar-refractivity contribution in [1.29, 1.82) is 10.5 Å². The number of likely N-dealkylation sites (tertiary alicyclic amines) is 1. The maximum atomic E-state index is 12.3. The van der Waals surface area contributed by atoms with E-state index in [2.05, 4.69) is 21.5 Å². The Morgan fingerprint density at radius 2 is 2.03 bits per heavy atom. The number of halogens is 2. The van der Waals surface area contributed by atoms with Crippen LogP contribution in [0.4, 0.5) is 0 Å². The third-order valence-corrected chi connectivity index (χ3v) is 5.25. The van der Waals surface area contributed by atoms with E-state index in [1.807, 2.05) is 6.07 Å². The van der Waals surface area contributed by atoms with Crippen molar-refractivity contribution < 1.29 is 9.63 Å². The first-order valence-electron chi connectivity index (χ1n) is 9.67. The number of aromatic nitrogens is 1. The van der Waals surface area contributed by atoms with Gasteiger partial charge in [-0.15, -0.1) is 24.8 Å². The van der Waals surface area contributed by atoms with E-state index in [-0.39, 0.29) is 55.5 Å². The molecule has 2 fully saturated rings. The Balaban J connectivity index is 0.00000225. The summed E-state index contributed by atoms with van der Waals surface area (Å²) >= 11 is 0. The minimum atomic E-state index is -0.262. The van der Waals surface area contributed by atoms with Gasteiger partial charge >= 0.3 is 0 Å². The lowest BCUT2D eigenvalue weighted by Crippen LogP contribution is -2.44. The van der Waals surface area contributed by atoms with E-state index in [0.29, 0.717) is 17.8 Å². The van der Waals surface area contributed by atoms with Gasteiger partial charge in [-0.25, -0.2) is 0 Å². The summed E-state index contributed by atoms with van der Waals surface area (Å²) in [7, 11) is 0. The highest BCUT2D eigenvalue weighted by atomic mass is 35.5. The van der Waals surface area contributed by atoms with E-state index in [0.717, 1.165) is 38.5 Å². The molecule has 1 saturated heterocycles. The highest BCUT2D eigenvalue weighted by Crippen LogP contribution is 2.22. The van der Waals surface area contributed by atoms with Crippen LogP contribution < -0.4 is 5.32 Å². The highest BCUT2D eigenvalue weighted by molar-refractivity contribution is 5.85. The fourth-order valence-electron chi connectivity index (χ4n) is 3.62. The molecular weight excluding hydrogens is 427 g/mol. The van der Waals surface area contributed by atoms with Gasteiger partial charge < -0.3 is 15.1 Å². The van der Waals surface area contributed by atoms with E-state index in [9.17, 15) is 4.79 Å². The number of nitrogens with zero attached hydrogens (tertiary/aromatic N) is 5. The van der Waals surface area contributed by atoms with Gasteiger partial charge in [0.25, 0.3) is 0 Å². The fourth-order valence-corrected chi connectivity index (χ4v) is 3.62. The van der Waals surface area contributed by atoms with Crippen LogP contribution in [0.3, 0.4) is 0 Å². The zero-order chi connectivity index (χ0) is 19.8. The minimum Gasteiger partial charge on any atom is -0.392 e. The van der Waals surface area contributed by atoms with Gasteiger partial charge in [-0.3, -0.25) is 9.78 Å². The summed E-state index contributed by atoms with van der Waals surface area (Å²) in [6, 6.07) is 7.66. The fraction of sp³-hybridized carbons (Fsp3) is 0.550. The standard InChI is InChI=1S/C20H24N6O2.2ClH/c21-10-15-3-4-17(23-12-15)13-25-28-19-7-5-16(6-8-19)24-14-20(27)26-9-1-2-18(26)11-22;;/h3-4,12-13,16,18-19,24H,1-2,5-9,14H2;2*1H/t16-,18-,19-;;/m0../s1. The zero-order valence-electron chi connectivity index (χ0n) is 16.6. The minimum absolute atomic E-state index is 0. The summed E-state index contributed by atoms with van der Waals surface area (Å²) in [5.74, 6) is 0.0157. The number of hydrogen-bond donors (Lipinski definition) is 1. The first-order chi connectivity index (χ1) is 13.7. The molecule has 3 rings (SSSR count). The molecule has 8 nitrogen and oxygen atoms in total. The molecule has 162 valence electrons. The Hall–Kier alpha value is -2.39. The van der Waals surface area contributed by atoms with Gasteiger partial charge in [-0.1, -0.05) is 5.16 Å². The van der Waals surface area contributed by atoms with Crippen molar-refractivity contribution >= 4 is 36.9 Å². The summed E-state index contributed by atoms with van der Waals surface area (Å²) in [5, 5.41) is 25.2. The van der Waals surface area contributed by atoms with Gasteiger partial charge in [0, 0.05) is 18.8 Å². The lowest BCUT2D eigenvalue weighted by molar-refractivity contribution is -0.130. The van der Waals surface area contributed by atoms with Crippen molar-refractivity contribution in [3.05, 3.63) is 29.6 Å². The van der Waals surface area contributed by atoms with Crippen LogP contribution in [0.15, 0.2) is 23.5 Å². The molecule has 0 radical (unpaired) electrons. The Bertz CT molecular complexity index is 782. The third kappa shape index (κ3) is 7.14. The van der Waals surface area contributed by atoms with Crippen LogP contribution in [0.1, 0.15) is 49.8 Å². The van der Waals surface area contributed by atoms with Crippen LogP contribution in [0.2, 0.25) is 0 Å². The summed E-state index contributed by atoms with van der Waals surface area (Å²) in [5.41, 5.74) is 1.15. The van der Waals surface area contributed by atoms with Crippen LogP contribution in [-0.4, -0.2) is 53.3 Å². The molecule has 0 bridgehead atoms. The smallest absolute Gasteiger partial charge is 0.237 e. The molecule has 1 N–H and O–H groups in total. The molecule has 1 aliphatic carbocycles. The summed E-state index contributed by atoms with van der Waals surface area (Å²) in [6.45, 7) is 0.975. The van der Waals surface area contributed by atoms with Gasteiger partial charge in [0.05, 0.1) is 30.1 Å². The number of amides is 1. The maximum Gasteiger partial charge on any atom is 0.237 e. The second-order valence-electron chi connectivity index (χ2n) is 7.15. The first kappa shape index (κ1) is 25.6. The van der Waals surface area contributed by atoms with Crippen LogP contribution >= 0.6 is 24.8 Å². The predicted molar refractivity (Wildman–Crippen MR) is 117 cm³/mol. The van der Waals surface area contributed by atoms with E-state index in [1.54, 1.807) is 23.2 Å². The SMILES string of the molecule is Cl.Cl.N#Cc1ccc(C=NO[C@H]2CC[C@H](NCC(=O)N3CCC[C@H]3C#N)CC2)nc1. The Morgan fingerprint density at radius 1 is 1.27 bits per heavy atom. The molecule has 1 aromatic rings. The van der Waals surface area contributed by atoms with E-state index in [1.165, 1.54) is 6.20 Å². The number of nitriles is 2. The normalized spacial score (nSPS) is 23.0. The van der Waals surface area contributed by atoms with Gasteiger partial charge in [0.2, 0.25) is 5.91 Å². The van der Waals surface area contributed by atoms with Crippen LogP contribution in [0, 0.1) is 22.7 Å². The van der Waals surface area contributed by atoms with Crippen molar-refractivity contribution in [2.45, 2.75) is 56.7 Å². The summed E-state index contributed by atoms with van der Waals surface area (Å²) < 4.78 is 0. The second-order valence-corrected chi connectivity index (χ2v) is 7.15. The van der Waals surface area contributed by atoms with E-state index < -0.39 is 0 Å². The number of pyridine rings is 1. The van der Waals surface area contributed by atoms with Crippen molar-refractivity contribution in [3.8, 4) is 12.1 Å². The van der Waals surface area contributed by atoms with Gasteiger partial charge in [-0.05, 0) is 50.7 Å². The Kier molecular flexibility index (Phi) is 11.1. The van der Waals surface area contributed by atoms with E-state index >= 15 is 0 Å². The van der Waals surface area contributed by atoms with Gasteiger partial charge in [-0.2, -0.15) is 10.5 Å². The molecule has 1 aromatic heterocycles.